The van der Waals surface area contributed by atoms with Crippen molar-refractivity contribution in [1.29, 1.82) is 5.41 Å². The SMILES string of the molecule is CCC(=O)C(=N)C1CN(C(=O)OC(C)(C)C)C1. The lowest BCUT2D eigenvalue weighted by molar-refractivity contribution is -0.113. The lowest BCUT2D eigenvalue weighted by Gasteiger charge is -2.39. The first-order valence-electron chi connectivity index (χ1n) is 5.84. The highest BCUT2D eigenvalue weighted by Gasteiger charge is 2.37. The Balaban J connectivity index is 2.39. The molecule has 0 bridgehead atoms. The lowest BCUT2D eigenvalue weighted by atomic mass is 9.91. The number of ether oxygens (including phenoxy) is 1. The lowest BCUT2D eigenvalue weighted by Crippen LogP contribution is -2.55. The Kier molecular flexibility index (Phi) is 3.91. The van der Waals surface area contributed by atoms with Gasteiger partial charge in [0.15, 0.2) is 5.78 Å². The summed E-state index contributed by atoms with van der Waals surface area (Å²) in [6.45, 7) is 8.00. The Morgan fingerprint density at radius 1 is 1.35 bits per heavy atom. The number of nitrogens with one attached hydrogen (secondary N) is 1. The summed E-state index contributed by atoms with van der Waals surface area (Å²) in [5.41, 5.74) is -0.373. The predicted octanol–water partition coefficient (Wildman–Crippen LogP) is 1.85. The van der Waals surface area contributed by atoms with Gasteiger partial charge in [-0.15, -0.1) is 0 Å². The van der Waals surface area contributed by atoms with Gasteiger partial charge in [0.1, 0.15) is 5.60 Å². The molecule has 1 amide bonds. The molecule has 96 valence electrons. The highest BCUT2D eigenvalue weighted by molar-refractivity contribution is 6.39. The van der Waals surface area contributed by atoms with Crippen LogP contribution in [0.1, 0.15) is 34.1 Å². The number of hydrogen-bond donors (Lipinski definition) is 1. The highest BCUT2D eigenvalue weighted by atomic mass is 16.6. The van der Waals surface area contributed by atoms with Crippen molar-refractivity contribution in [3.8, 4) is 0 Å². The molecular formula is C12H20N2O3. The normalized spacial score (nSPS) is 16.4. The number of nitrogens with zero attached hydrogens (tertiary/aromatic N) is 1. The molecule has 1 fully saturated rings. The molecule has 1 rings (SSSR count). The number of rotatable bonds is 3. The minimum atomic E-state index is -0.505. The van der Waals surface area contributed by atoms with E-state index in [1.807, 2.05) is 20.8 Å². The number of amides is 1. The van der Waals surface area contributed by atoms with Crippen LogP contribution in [0.4, 0.5) is 4.79 Å². The first-order chi connectivity index (χ1) is 7.74. The molecule has 1 aliphatic heterocycles. The number of ketones is 1. The summed E-state index contributed by atoms with van der Waals surface area (Å²) in [7, 11) is 0. The van der Waals surface area contributed by atoms with E-state index in [0.29, 0.717) is 19.5 Å². The van der Waals surface area contributed by atoms with Crippen molar-refractivity contribution in [3.63, 3.8) is 0 Å². The van der Waals surface area contributed by atoms with Crippen LogP contribution in [0.5, 0.6) is 0 Å². The van der Waals surface area contributed by atoms with Gasteiger partial charge in [-0.1, -0.05) is 6.92 Å². The molecule has 1 aliphatic rings. The molecule has 0 radical (unpaired) electrons. The molecule has 0 atom stereocenters. The van der Waals surface area contributed by atoms with E-state index in [9.17, 15) is 9.59 Å². The number of Topliss-reactive ketones (excluding diaryl/α,β-unsaturated/α-hetero) is 1. The minimum Gasteiger partial charge on any atom is -0.444 e. The van der Waals surface area contributed by atoms with E-state index >= 15 is 0 Å². The average Bonchev–Trinajstić information content (AvgIpc) is 2.10. The fourth-order valence-corrected chi connectivity index (χ4v) is 1.55. The van der Waals surface area contributed by atoms with Crippen LogP contribution < -0.4 is 0 Å². The summed E-state index contributed by atoms with van der Waals surface area (Å²) in [6.07, 6.45) is -0.0209. The first kappa shape index (κ1) is 13.7. The van der Waals surface area contributed by atoms with E-state index < -0.39 is 5.60 Å². The van der Waals surface area contributed by atoms with Crippen molar-refractivity contribution in [2.75, 3.05) is 13.1 Å². The van der Waals surface area contributed by atoms with Crippen LogP contribution in [-0.4, -0.2) is 41.2 Å². The zero-order valence-electron chi connectivity index (χ0n) is 10.9. The van der Waals surface area contributed by atoms with Gasteiger partial charge in [-0.25, -0.2) is 4.79 Å². The van der Waals surface area contributed by atoms with Crippen LogP contribution in [-0.2, 0) is 9.53 Å². The Morgan fingerprint density at radius 2 is 1.88 bits per heavy atom. The van der Waals surface area contributed by atoms with Crippen molar-refractivity contribution in [2.24, 2.45) is 5.92 Å². The van der Waals surface area contributed by atoms with Crippen LogP contribution in [0.25, 0.3) is 0 Å². The summed E-state index contributed by atoms with van der Waals surface area (Å²) in [5, 5.41) is 7.63. The maximum atomic E-state index is 11.6. The van der Waals surface area contributed by atoms with E-state index in [1.54, 1.807) is 6.92 Å². The summed E-state index contributed by atoms with van der Waals surface area (Å²) >= 11 is 0. The molecule has 0 spiro atoms. The fraction of sp³-hybridized carbons (Fsp3) is 0.750. The molecule has 5 heteroatoms. The van der Waals surface area contributed by atoms with Gasteiger partial charge in [0.05, 0.1) is 5.71 Å². The van der Waals surface area contributed by atoms with Gasteiger partial charge >= 0.3 is 6.09 Å². The molecule has 0 aliphatic carbocycles. The van der Waals surface area contributed by atoms with Crippen molar-refractivity contribution < 1.29 is 14.3 Å². The van der Waals surface area contributed by atoms with Crippen LogP contribution in [0.15, 0.2) is 0 Å². The molecule has 5 nitrogen and oxygen atoms in total. The summed E-state index contributed by atoms with van der Waals surface area (Å²) < 4.78 is 5.19. The molecule has 17 heavy (non-hydrogen) atoms. The standard InChI is InChI=1S/C12H20N2O3/c1-5-9(15)10(13)8-6-14(7-8)11(16)17-12(2,3)4/h8,13H,5-7H2,1-4H3. The molecule has 1 N–H and O–H groups in total. The smallest absolute Gasteiger partial charge is 0.410 e. The van der Waals surface area contributed by atoms with Gasteiger partial charge in [0, 0.05) is 25.4 Å². The topological polar surface area (TPSA) is 70.5 Å². The Bertz CT molecular complexity index is 338. The summed E-state index contributed by atoms with van der Waals surface area (Å²) in [6, 6.07) is 0. The van der Waals surface area contributed by atoms with Gasteiger partial charge in [0.25, 0.3) is 0 Å². The maximum absolute atomic E-state index is 11.6. The van der Waals surface area contributed by atoms with E-state index in [1.165, 1.54) is 4.90 Å². The molecule has 0 saturated carbocycles. The predicted molar refractivity (Wildman–Crippen MR) is 64.3 cm³/mol. The zero-order valence-corrected chi connectivity index (χ0v) is 10.9. The van der Waals surface area contributed by atoms with E-state index in [-0.39, 0.29) is 23.5 Å². The molecule has 0 aromatic carbocycles. The largest absolute Gasteiger partial charge is 0.444 e. The molecule has 0 unspecified atom stereocenters. The third kappa shape index (κ3) is 3.54. The number of carbonyl (C=O) groups is 2. The van der Waals surface area contributed by atoms with Crippen LogP contribution in [0.2, 0.25) is 0 Å². The van der Waals surface area contributed by atoms with Gasteiger partial charge in [-0.05, 0) is 20.8 Å². The molecule has 1 heterocycles. The van der Waals surface area contributed by atoms with Crippen molar-refractivity contribution in [3.05, 3.63) is 0 Å². The number of carbonyl (C=O) groups excluding carboxylic acids is 2. The van der Waals surface area contributed by atoms with Crippen LogP contribution in [0.3, 0.4) is 0 Å². The van der Waals surface area contributed by atoms with Crippen LogP contribution in [0, 0.1) is 11.3 Å². The third-order valence-corrected chi connectivity index (χ3v) is 2.56. The van der Waals surface area contributed by atoms with Crippen molar-refractivity contribution >= 4 is 17.6 Å². The van der Waals surface area contributed by atoms with Gasteiger partial charge in [0.2, 0.25) is 0 Å². The summed E-state index contributed by atoms with van der Waals surface area (Å²) in [5.74, 6) is -0.256. The minimum absolute atomic E-state index is 0.116. The van der Waals surface area contributed by atoms with Crippen molar-refractivity contribution in [2.45, 2.75) is 39.7 Å². The number of likely N-dealkylation sites (tertiary alicyclic amines) is 1. The Hall–Kier alpha value is -1.39. The summed E-state index contributed by atoms with van der Waals surface area (Å²) in [4.78, 5) is 24.4. The average molecular weight is 240 g/mol. The van der Waals surface area contributed by atoms with Crippen LogP contribution >= 0.6 is 0 Å². The number of hydrogen-bond acceptors (Lipinski definition) is 4. The fourth-order valence-electron chi connectivity index (χ4n) is 1.55. The monoisotopic (exact) mass is 240 g/mol. The maximum Gasteiger partial charge on any atom is 0.410 e. The van der Waals surface area contributed by atoms with E-state index in [2.05, 4.69) is 0 Å². The molecular weight excluding hydrogens is 220 g/mol. The second-order valence-electron chi connectivity index (χ2n) is 5.27. The second-order valence-corrected chi connectivity index (χ2v) is 5.27. The van der Waals surface area contributed by atoms with Crippen molar-refractivity contribution in [1.82, 2.24) is 4.90 Å². The zero-order chi connectivity index (χ0) is 13.2. The second kappa shape index (κ2) is 4.85. The van der Waals surface area contributed by atoms with E-state index in [0.717, 1.165) is 0 Å². The quantitative estimate of drug-likeness (QED) is 0.765. The Labute approximate surface area is 102 Å². The van der Waals surface area contributed by atoms with Gasteiger partial charge in [-0.3, -0.25) is 4.79 Å². The Morgan fingerprint density at radius 3 is 2.29 bits per heavy atom. The van der Waals surface area contributed by atoms with E-state index in [4.69, 9.17) is 10.1 Å². The molecule has 0 aromatic heterocycles. The van der Waals surface area contributed by atoms with Gasteiger partial charge < -0.3 is 15.0 Å². The highest BCUT2D eigenvalue weighted by Crippen LogP contribution is 2.20. The first-order valence-corrected chi connectivity index (χ1v) is 5.84. The molecule has 1 saturated heterocycles. The van der Waals surface area contributed by atoms with Gasteiger partial charge in [-0.2, -0.15) is 0 Å². The molecule has 0 aromatic rings. The third-order valence-electron chi connectivity index (χ3n) is 2.56.